The Morgan fingerprint density at radius 3 is 2.75 bits per heavy atom. The zero-order valence-electron chi connectivity index (χ0n) is 4.98. The van der Waals surface area contributed by atoms with E-state index < -0.39 is 0 Å². The van der Waals surface area contributed by atoms with Gasteiger partial charge in [-0.05, 0) is 6.42 Å². The van der Waals surface area contributed by atoms with E-state index in [4.69, 9.17) is 0 Å². The molecule has 0 spiro atoms. The van der Waals surface area contributed by atoms with Crippen LogP contribution in [-0.2, 0) is 4.79 Å². The monoisotopic (exact) mass is 177 g/mol. The molecule has 1 nitrogen and oxygen atoms in total. The topological polar surface area (TPSA) is 17.1 Å². The lowest BCUT2D eigenvalue weighted by Gasteiger charge is -1.95. The van der Waals surface area contributed by atoms with E-state index in [9.17, 15) is 4.79 Å². The predicted octanol–water partition coefficient (Wildman–Crippen LogP) is 2.05. The van der Waals surface area contributed by atoms with Crippen molar-refractivity contribution in [3.8, 4) is 0 Å². The van der Waals surface area contributed by atoms with Crippen LogP contribution in [0.3, 0.4) is 0 Å². The van der Waals surface area contributed by atoms with E-state index in [1.54, 1.807) is 0 Å². The maximum Gasteiger partial charge on any atom is 0.213 e. The molecule has 0 aliphatic heterocycles. The van der Waals surface area contributed by atoms with E-state index in [0.717, 1.165) is 19.3 Å². The first-order valence-electron chi connectivity index (χ1n) is 2.83. The molecule has 0 aliphatic rings. The summed E-state index contributed by atoms with van der Waals surface area (Å²) in [6, 6.07) is 0. The lowest BCUT2D eigenvalue weighted by molar-refractivity contribution is 0.549. The van der Waals surface area contributed by atoms with Crippen LogP contribution in [0, 0.1) is 0 Å². The van der Waals surface area contributed by atoms with Gasteiger partial charge in [0.1, 0.15) is 0 Å². The average molecular weight is 178 g/mol. The van der Waals surface area contributed by atoms with E-state index in [1.807, 2.05) is 6.29 Å². The second kappa shape index (κ2) is 5.29. The summed E-state index contributed by atoms with van der Waals surface area (Å²) in [5.74, 6) is 0. The zero-order chi connectivity index (χ0) is 6.41. The van der Waals surface area contributed by atoms with Gasteiger partial charge in [-0.1, -0.05) is 35.7 Å². The van der Waals surface area contributed by atoms with Crippen LogP contribution in [0.1, 0.15) is 26.2 Å². The number of unbranched alkanes of at least 4 members (excludes halogenated alkanes) is 1. The number of hydrogen-bond donors (Lipinski definition) is 0. The van der Waals surface area contributed by atoms with Crippen molar-refractivity contribution >= 4 is 22.2 Å². The summed E-state index contributed by atoms with van der Waals surface area (Å²) in [4.78, 5) is 9.80. The van der Waals surface area contributed by atoms with Crippen LogP contribution < -0.4 is 0 Å². The molecule has 1 radical (unpaired) electrons. The second-order valence-corrected chi connectivity index (χ2v) is 2.83. The van der Waals surface area contributed by atoms with Crippen LogP contribution >= 0.6 is 15.9 Å². The molecule has 0 fully saturated rings. The Hall–Kier alpha value is 0.150. The van der Waals surface area contributed by atoms with Gasteiger partial charge >= 0.3 is 0 Å². The van der Waals surface area contributed by atoms with Crippen molar-refractivity contribution in [2.75, 3.05) is 0 Å². The van der Waals surface area contributed by atoms with Gasteiger partial charge < -0.3 is 0 Å². The normalized spacial score (nSPS) is 13.2. The van der Waals surface area contributed by atoms with E-state index in [1.165, 1.54) is 0 Å². The van der Waals surface area contributed by atoms with Gasteiger partial charge in [0, 0.05) is 0 Å². The Labute approximate surface area is 58.6 Å². The van der Waals surface area contributed by atoms with E-state index in [2.05, 4.69) is 22.9 Å². The van der Waals surface area contributed by atoms with Crippen LogP contribution in [0.4, 0.5) is 0 Å². The highest BCUT2D eigenvalue weighted by Crippen LogP contribution is 2.05. The molecule has 0 aromatic heterocycles. The largest absolute Gasteiger partial charge is 0.290 e. The maximum absolute atomic E-state index is 9.84. The molecule has 2 heteroatoms. The highest BCUT2D eigenvalue weighted by atomic mass is 79.9. The fourth-order valence-electron chi connectivity index (χ4n) is 0.442. The minimum absolute atomic E-state index is 0.0394. The molecule has 0 aliphatic carbocycles. The summed E-state index contributed by atoms with van der Waals surface area (Å²) in [6.07, 6.45) is 5.03. The van der Waals surface area contributed by atoms with Gasteiger partial charge in [-0.3, -0.25) is 4.79 Å². The molecule has 1 atom stereocenters. The third-order valence-corrected chi connectivity index (χ3v) is 1.58. The van der Waals surface area contributed by atoms with Crippen molar-refractivity contribution < 1.29 is 4.79 Å². The van der Waals surface area contributed by atoms with Crippen LogP contribution in [0.2, 0.25) is 0 Å². The Kier molecular flexibility index (Phi) is 5.39. The molecule has 0 aromatic carbocycles. The smallest absolute Gasteiger partial charge is 0.213 e. The molecule has 0 amide bonds. The zero-order valence-corrected chi connectivity index (χ0v) is 6.57. The van der Waals surface area contributed by atoms with Gasteiger partial charge in [-0.15, -0.1) is 0 Å². The van der Waals surface area contributed by atoms with Crippen molar-refractivity contribution in [1.82, 2.24) is 0 Å². The van der Waals surface area contributed by atoms with Crippen molar-refractivity contribution in [2.45, 2.75) is 31.0 Å². The van der Waals surface area contributed by atoms with Crippen molar-refractivity contribution in [3.05, 3.63) is 0 Å². The molecular weight excluding hydrogens is 168 g/mol. The minimum Gasteiger partial charge on any atom is -0.290 e. The molecule has 0 saturated heterocycles. The first kappa shape index (κ1) is 8.15. The second-order valence-electron chi connectivity index (χ2n) is 1.73. The summed E-state index contributed by atoms with van der Waals surface area (Å²) in [7, 11) is 0. The maximum atomic E-state index is 9.84. The van der Waals surface area contributed by atoms with Gasteiger partial charge in [0.05, 0.1) is 4.83 Å². The van der Waals surface area contributed by atoms with Crippen molar-refractivity contribution in [3.63, 3.8) is 0 Å². The Morgan fingerprint density at radius 1 is 1.75 bits per heavy atom. The molecule has 47 valence electrons. The third kappa shape index (κ3) is 4.31. The van der Waals surface area contributed by atoms with Gasteiger partial charge in [-0.2, -0.15) is 0 Å². The van der Waals surface area contributed by atoms with Gasteiger partial charge in [-0.25, -0.2) is 0 Å². The fourth-order valence-corrected chi connectivity index (χ4v) is 0.766. The third-order valence-electron chi connectivity index (χ3n) is 0.939. The molecule has 0 N–H and O–H groups in total. The van der Waals surface area contributed by atoms with Crippen LogP contribution in [-0.4, -0.2) is 11.1 Å². The molecule has 1 unspecified atom stereocenters. The SMILES string of the molecule is CCCCC(Br)[C]=O. The average Bonchev–Trinajstić information content (AvgIpc) is 1.83. The lowest BCUT2D eigenvalue weighted by Crippen LogP contribution is -1.96. The van der Waals surface area contributed by atoms with E-state index >= 15 is 0 Å². The standard InChI is InChI=1S/C6H10BrO/c1-2-3-4-6(7)5-8/h6H,2-4H2,1H3. The van der Waals surface area contributed by atoms with Crippen molar-refractivity contribution in [2.24, 2.45) is 0 Å². The number of carbonyl (C=O) groups excluding carboxylic acids is 1. The molecule has 8 heavy (non-hydrogen) atoms. The number of alkyl halides is 1. The number of hydrogen-bond acceptors (Lipinski definition) is 1. The van der Waals surface area contributed by atoms with Gasteiger partial charge in [0.25, 0.3) is 0 Å². The fraction of sp³-hybridized carbons (Fsp3) is 0.833. The van der Waals surface area contributed by atoms with Crippen molar-refractivity contribution in [1.29, 1.82) is 0 Å². The molecule has 0 saturated carbocycles. The number of rotatable bonds is 4. The lowest BCUT2D eigenvalue weighted by atomic mass is 10.2. The summed E-state index contributed by atoms with van der Waals surface area (Å²) in [5.41, 5.74) is 0. The van der Waals surface area contributed by atoms with Gasteiger partial charge in [0.2, 0.25) is 6.29 Å². The summed E-state index contributed by atoms with van der Waals surface area (Å²) in [6.45, 7) is 2.10. The molecule has 0 aromatic rings. The number of halogens is 1. The van der Waals surface area contributed by atoms with E-state index in [0.29, 0.717) is 0 Å². The van der Waals surface area contributed by atoms with Gasteiger partial charge in [0.15, 0.2) is 0 Å². The molecule has 0 rings (SSSR count). The molecular formula is C6H10BrO. The highest BCUT2D eigenvalue weighted by molar-refractivity contribution is 9.09. The summed E-state index contributed by atoms with van der Waals surface area (Å²) < 4.78 is 0. The Bertz CT molecular complexity index is 63.5. The van der Waals surface area contributed by atoms with Crippen LogP contribution in [0.25, 0.3) is 0 Å². The Morgan fingerprint density at radius 2 is 2.38 bits per heavy atom. The molecule has 0 heterocycles. The summed E-state index contributed by atoms with van der Waals surface area (Å²) >= 11 is 3.15. The minimum atomic E-state index is -0.0394. The summed E-state index contributed by atoms with van der Waals surface area (Å²) in [5, 5.41) is 0. The molecule has 0 bridgehead atoms. The van der Waals surface area contributed by atoms with E-state index in [-0.39, 0.29) is 4.83 Å². The predicted molar refractivity (Wildman–Crippen MR) is 37.9 cm³/mol. The first-order chi connectivity index (χ1) is 3.81. The first-order valence-corrected chi connectivity index (χ1v) is 3.74. The Balaban J connectivity index is 2.98. The van der Waals surface area contributed by atoms with Crippen LogP contribution in [0.5, 0.6) is 0 Å². The highest BCUT2D eigenvalue weighted by Gasteiger charge is 1.99. The quantitative estimate of drug-likeness (QED) is 0.602. The van der Waals surface area contributed by atoms with Crippen LogP contribution in [0.15, 0.2) is 0 Å².